The lowest BCUT2D eigenvalue weighted by molar-refractivity contribution is 1.03. The van der Waals surface area contributed by atoms with Crippen LogP contribution in [0, 0.1) is 6.92 Å². The van der Waals surface area contributed by atoms with Crippen LogP contribution in [0.25, 0.3) is 10.9 Å². The summed E-state index contributed by atoms with van der Waals surface area (Å²) in [6, 6.07) is 12.4. The molecule has 1 aromatic carbocycles. The van der Waals surface area contributed by atoms with Crippen molar-refractivity contribution < 1.29 is 0 Å². The number of nitrogens with zero attached hydrogens (tertiary/aromatic N) is 2. The Balaban J connectivity index is 1.88. The van der Waals surface area contributed by atoms with Crippen LogP contribution in [0.4, 0.5) is 0 Å². The fourth-order valence-electron chi connectivity index (χ4n) is 1.91. The van der Waals surface area contributed by atoms with E-state index in [9.17, 15) is 0 Å². The van der Waals surface area contributed by atoms with Crippen LogP contribution in [-0.4, -0.2) is 15.2 Å². The van der Waals surface area contributed by atoms with E-state index >= 15 is 0 Å². The number of para-hydroxylation sites is 1. The summed E-state index contributed by atoms with van der Waals surface area (Å²) < 4.78 is 0. The SMILES string of the molecule is Cc1cc(SCc2ccn[nH]2)nc2ccccc12. The fraction of sp³-hybridized carbons (Fsp3) is 0.143. The minimum atomic E-state index is 0.866. The molecule has 0 aliphatic carbocycles. The first-order valence-electron chi connectivity index (χ1n) is 5.80. The molecule has 0 fully saturated rings. The Morgan fingerprint density at radius 2 is 2.11 bits per heavy atom. The second kappa shape index (κ2) is 4.82. The van der Waals surface area contributed by atoms with E-state index in [0.717, 1.165) is 22.0 Å². The third-order valence-corrected chi connectivity index (χ3v) is 3.79. The number of thioether (sulfide) groups is 1. The van der Waals surface area contributed by atoms with Crippen molar-refractivity contribution in [2.24, 2.45) is 0 Å². The maximum Gasteiger partial charge on any atom is 0.0974 e. The topological polar surface area (TPSA) is 41.6 Å². The van der Waals surface area contributed by atoms with Gasteiger partial charge in [0.2, 0.25) is 0 Å². The van der Waals surface area contributed by atoms with Crippen molar-refractivity contribution in [3.05, 3.63) is 53.9 Å². The summed E-state index contributed by atoms with van der Waals surface area (Å²) in [5.41, 5.74) is 3.45. The molecule has 4 heteroatoms. The molecule has 0 radical (unpaired) electrons. The van der Waals surface area contributed by atoms with Gasteiger partial charge in [0.1, 0.15) is 0 Å². The van der Waals surface area contributed by atoms with Crippen molar-refractivity contribution in [2.45, 2.75) is 17.7 Å². The van der Waals surface area contributed by atoms with Gasteiger partial charge in [0, 0.05) is 23.0 Å². The third-order valence-electron chi connectivity index (χ3n) is 2.83. The van der Waals surface area contributed by atoms with Crippen LogP contribution in [0.1, 0.15) is 11.3 Å². The van der Waals surface area contributed by atoms with E-state index in [1.807, 2.05) is 12.1 Å². The molecular weight excluding hydrogens is 242 g/mol. The molecule has 3 rings (SSSR count). The number of hydrogen-bond acceptors (Lipinski definition) is 3. The predicted octanol–water partition coefficient (Wildman–Crippen LogP) is 3.56. The summed E-state index contributed by atoms with van der Waals surface area (Å²) in [4.78, 5) is 4.66. The van der Waals surface area contributed by atoms with Gasteiger partial charge in [-0.05, 0) is 30.7 Å². The number of aryl methyl sites for hydroxylation is 1. The molecule has 0 amide bonds. The summed E-state index contributed by atoms with van der Waals surface area (Å²) in [6.45, 7) is 2.13. The van der Waals surface area contributed by atoms with Crippen LogP contribution in [0.15, 0.2) is 47.6 Å². The predicted molar refractivity (Wildman–Crippen MR) is 74.6 cm³/mol. The van der Waals surface area contributed by atoms with Gasteiger partial charge in [0.15, 0.2) is 0 Å². The molecule has 3 aromatic rings. The molecule has 90 valence electrons. The summed E-state index contributed by atoms with van der Waals surface area (Å²) in [6.07, 6.45) is 1.77. The monoisotopic (exact) mass is 255 g/mol. The molecule has 0 spiro atoms. The van der Waals surface area contributed by atoms with E-state index in [1.165, 1.54) is 10.9 Å². The van der Waals surface area contributed by atoms with Gasteiger partial charge >= 0.3 is 0 Å². The summed E-state index contributed by atoms with van der Waals surface area (Å²) in [7, 11) is 0. The number of hydrogen-bond donors (Lipinski definition) is 1. The van der Waals surface area contributed by atoms with E-state index in [-0.39, 0.29) is 0 Å². The average Bonchev–Trinajstić information content (AvgIpc) is 2.90. The number of H-pyrrole nitrogens is 1. The number of aromatic amines is 1. The Morgan fingerprint density at radius 1 is 1.22 bits per heavy atom. The largest absolute Gasteiger partial charge is 0.282 e. The zero-order valence-electron chi connectivity index (χ0n) is 10.1. The summed E-state index contributed by atoms with van der Waals surface area (Å²) in [5, 5.41) is 9.19. The smallest absolute Gasteiger partial charge is 0.0974 e. The van der Waals surface area contributed by atoms with Gasteiger partial charge in [-0.15, -0.1) is 11.8 Å². The van der Waals surface area contributed by atoms with E-state index in [0.29, 0.717) is 0 Å². The molecular formula is C14H13N3S. The van der Waals surface area contributed by atoms with E-state index < -0.39 is 0 Å². The lowest BCUT2D eigenvalue weighted by Crippen LogP contribution is -1.88. The maximum absolute atomic E-state index is 4.66. The van der Waals surface area contributed by atoms with E-state index in [1.54, 1.807) is 18.0 Å². The minimum Gasteiger partial charge on any atom is -0.282 e. The standard InChI is InChI=1S/C14H13N3S/c1-10-8-14(18-9-11-6-7-15-17-11)16-13-5-3-2-4-12(10)13/h2-8H,9H2,1H3,(H,15,17). The Labute approximate surface area is 110 Å². The van der Waals surface area contributed by atoms with Crippen molar-refractivity contribution >= 4 is 22.7 Å². The van der Waals surface area contributed by atoms with Crippen LogP contribution in [0.2, 0.25) is 0 Å². The van der Waals surface area contributed by atoms with Gasteiger partial charge in [-0.25, -0.2) is 4.98 Å². The van der Waals surface area contributed by atoms with Crippen molar-refractivity contribution in [1.82, 2.24) is 15.2 Å². The summed E-state index contributed by atoms with van der Waals surface area (Å²) in [5.74, 6) is 0.866. The normalized spacial score (nSPS) is 10.9. The van der Waals surface area contributed by atoms with Gasteiger partial charge in [-0.2, -0.15) is 5.10 Å². The lowest BCUT2D eigenvalue weighted by atomic mass is 10.1. The molecule has 0 aliphatic heterocycles. The highest BCUT2D eigenvalue weighted by Gasteiger charge is 2.03. The number of nitrogens with one attached hydrogen (secondary N) is 1. The first kappa shape index (κ1) is 11.3. The van der Waals surface area contributed by atoms with Crippen LogP contribution >= 0.6 is 11.8 Å². The first-order chi connectivity index (χ1) is 8.83. The molecule has 1 N–H and O–H groups in total. The fourth-order valence-corrected chi connectivity index (χ4v) is 2.80. The van der Waals surface area contributed by atoms with Gasteiger partial charge in [-0.3, -0.25) is 5.10 Å². The Morgan fingerprint density at radius 3 is 2.94 bits per heavy atom. The Hall–Kier alpha value is -1.81. The molecule has 0 saturated carbocycles. The van der Waals surface area contributed by atoms with Crippen LogP contribution in [0.5, 0.6) is 0 Å². The van der Waals surface area contributed by atoms with Crippen molar-refractivity contribution in [1.29, 1.82) is 0 Å². The highest BCUT2D eigenvalue weighted by Crippen LogP contribution is 2.25. The average molecular weight is 255 g/mol. The van der Waals surface area contributed by atoms with E-state index in [2.05, 4.69) is 46.4 Å². The van der Waals surface area contributed by atoms with Crippen molar-refractivity contribution in [3.63, 3.8) is 0 Å². The molecule has 0 atom stereocenters. The van der Waals surface area contributed by atoms with Crippen LogP contribution in [-0.2, 0) is 5.75 Å². The lowest BCUT2D eigenvalue weighted by Gasteiger charge is -2.05. The number of fused-ring (bicyclic) bond motifs is 1. The van der Waals surface area contributed by atoms with Gasteiger partial charge < -0.3 is 0 Å². The Kier molecular flexibility index (Phi) is 3.02. The minimum absolute atomic E-state index is 0.866. The van der Waals surface area contributed by atoms with Gasteiger partial charge in [-0.1, -0.05) is 18.2 Å². The zero-order chi connectivity index (χ0) is 12.4. The number of rotatable bonds is 3. The van der Waals surface area contributed by atoms with E-state index in [4.69, 9.17) is 0 Å². The second-order valence-corrected chi connectivity index (χ2v) is 5.16. The summed E-state index contributed by atoms with van der Waals surface area (Å²) >= 11 is 1.72. The second-order valence-electron chi connectivity index (χ2n) is 4.17. The maximum atomic E-state index is 4.66. The molecule has 0 saturated heterocycles. The Bertz CT molecular complexity index is 662. The van der Waals surface area contributed by atoms with Gasteiger partial charge in [0.05, 0.1) is 10.5 Å². The van der Waals surface area contributed by atoms with Crippen LogP contribution in [0.3, 0.4) is 0 Å². The molecule has 2 heterocycles. The van der Waals surface area contributed by atoms with Gasteiger partial charge in [0.25, 0.3) is 0 Å². The van der Waals surface area contributed by atoms with Crippen molar-refractivity contribution in [2.75, 3.05) is 0 Å². The number of aromatic nitrogens is 3. The molecule has 3 nitrogen and oxygen atoms in total. The molecule has 0 aliphatic rings. The molecule has 2 aromatic heterocycles. The molecule has 18 heavy (non-hydrogen) atoms. The highest BCUT2D eigenvalue weighted by molar-refractivity contribution is 7.98. The molecule has 0 bridgehead atoms. The number of pyridine rings is 1. The third kappa shape index (κ3) is 2.24. The highest BCUT2D eigenvalue weighted by atomic mass is 32.2. The quantitative estimate of drug-likeness (QED) is 0.728. The molecule has 0 unspecified atom stereocenters. The van der Waals surface area contributed by atoms with Crippen molar-refractivity contribution in [3.8, 4) is 0 Å². The van der Waals surface area contributed by atoms with Crippen LogP contribution < -0.4 is 0 Å². The first-order valence-corrected chi connectivity index (χ1v) is 6.79. The number of benzene rings is 1. The zero-order valence-corrected chi connectivity index (χ0v) is 10.9.